The Bertz CT molecular complexity index is 854. The van der Waals surface area contributed by atoms with Crippen LogP contribution in [-0.2, 0) is 0 Å². The van der Waals surface area contributed by atoms with E-state index in [9.17, 15) is 9.59 Å². The highest BCUT2D eigenvalue weighted by Gasteiger charge is 2.14. The van der Waals surface area contributed by atoms with Gasteiger partial charge in [0, 0.05) is 24.3 Å². The van der Waals surface area contributed by atoms with Crippen LogP contribution >= 0.6 is 11.3 Å². The fourth-order valence-corrected chi connectivity index (χ4v) is 2.90. The molecule has 0 saturated heterocycles. The zero-order valence-electron chi connectivity index (χ0n) is 12.0. The summed E-state index contributed by atoms with van der Waals surface area (Å²) in [5.74, 6) is -0.216. The van der Waals surface area contributed by atoms with Crippen molar-refractivity contribution in [1.82, 2.24) is 14.7 Å². The van der Waals surface area contributed by atoms with Gasteiger partial charge in [-0.05, 0) is 11.5 Å². The number of carbonyl (C=O) groups excluding carboxylic acids is 1. The molecule has 3 aromatic rings. The molecule has 112 valence electrons. The first-order chi connectivity index (χ1) is 10.7. The van der Waals surface area contributed by atoms with Crippen molar-refractivity contribution in [2.75, 3.05) is 6.54 Å². The van der Waals surface area contributed by atoms with Crippen LogP contribution in [0.1, 0.15) is 28.8 Å². The van der Waals surface area contributed by atoms with E-state index in [0.29, 0.717) is 11.5 Å². The van der Waals surface area contributed by atoms with Gasteiger partial charge in [0.1, 0.15) is 5.56 Å². The molecule has 0 unspecified atom stereocenters. The fraction of sp³-hybridized carbons (Fsp3) is 0.188. The summed E-state index contributed by atoms with van der Waals surface area (Å²) in [5.41, 5.74) is 0.873. The smallest absolute Gasteiger partial charge is 0.271 e. The number of hydrogen-bond acceptors (Lipinski definition) is 4. The average Bonchev–Trinajstić information content (AvgIpc) is 3.03. The van der Waals surface area contributed by atoms with E-state index in [2.05, 4.69) is 10.3 Å². The van der Waals surface area contributed by atoms with Crippen LogP contribution in [0, 0.1) is 0 Å². The molecule has 2 heterocycles. The lowest BCUT2D eigenvalue weighted by Crippen LogP contribution is -2.33. The summed E-state index contributed by atoms with van der Waals surface area (Å²) in [7, 11) is 0. The van der Waals surface area contributed by atoms with Crippen LogP contribution in [0.2, 0.25) is 0 Å². The molecule has 0 aliphatic rings. The minimum absolute atomic E-state index is 0.0659. The minimum atomic E-state index is -0.388. The summed E-state index contributed by atoms with van der Waals surface area (Å²) in [6, 6.07) is 9.93. The van der Waals surface area contributed by atoms with Gasteiger partial charge in [-0.1, -0.05) is 37.3 Å². The maximum absolute atomic E-state index is 12.2. The average molecular weight is 313 g/mol. The fourth-order valence-electron chi connectivity index (χ4n) is 2.22. The molecular formula is C16H15N3O2S. The monoisotopic (exact) mass is 313 g/mol. The van der Waals surface area contributed by atoms with E-state index >= 15 is 0 Å². The van der Waals surface area contributed by atoms with E-state index in [0.717, 1.165) is 5.56 Å². The summed E-state index contributed by atoms with van der Waals surface area (Å²) in [4.78, 5) is 29.1. The first kappa shape index (κ1) is 14.5. The van der Waals surface area contributed by atoms with Gasteiger partial charge in [0.05, 0.1) is 0 Å². The number of hydrogen-bond donors (Lipinski definition) is 1. The molecule has 0 saturated carbocycles. The molecule has 3 rings (SSSR count). The second-order valence-electron chi connectivity index (χ2n) is 5.05. The van der Waals surface area contributed by atoms with Gasteiger partial charge in [-0.2, -0.15) is 0 Å². The predicted octanol–water partition coefficient (Wildman–Crippen LogP) is 2.29. The lowest BCUT2D eigenvalue weighted by Gasteiger charge is -2.12. The number of amides is 1. The third-order valence-electron chi connectivity index (χ3n) is 3.52. The third kappa shape index (κ3) is 2.78. The van der Waals surface area contributed by atoms with E-state index in [1.165, 1.54) is 21.9 Å². The Hall–Kier alpha value is -2.47. The Kier molecular flexibility index (Phi) is 4.02. The number of aromatic nitrogens is 2. The summed E-state index contributed by atoms with van der Waals surface area (Å²) in [6.45, 7) is 2.50. The van der Waals surface area contributed by atoms with Crippen molar-refractivity contribution in [2.45, 2.75) is 12.8 Å². The highest BCUT2D eigenvalue weighted by Crippen LogP contribution is 2.13. The molecule has 5 nitrogen and oxygen atoms in total. The topological polar surface area (TPSA) is 63.5 Å². The highest BCUT2D eigenvalue weighted by atomic mass is 32.1. The number of thiazole rings is 1. The quantitative estimate of drug-likeness (QED) is 0.804. The second-order valence-corrected chi connectivity index (χ2v) is 5.93. The predicted molar refractivity (Wildman–Crippen MR) is 86.5 cm³/mol. The van der Waals surface area contributed by atoms with Crippen molar-refractivity contribution in [3.63, 3.8) is 0 Å². The Morgan fingerprint density at radius 2 is 2.14 bits per heavy atom. The molecule has 0 aliphatic carbocycles. The first-order valence-corrected chi connectivity index (χ1v) is 7.83. The molecule has 1 aromatic carbocycles. The van der Waals surface area contributed by atoms with Crippen molar-refractivity contribution >= 4 is 22.2 Å². The van der Waals surface area contributed by atoms with Crippen LogP contribution < -0.4 is 10.9 Å². The first-order valence-electron chi connectivity index (χ1n) is 6.95. The van der Waals surface area contributed by atoms with Gasteiger partial charge in [0.25, 0.3) is 11.5 Å². The maximum atomic E-state index is 12.2. The molecule has 0 fully saturated rings. The van der Waals surface area contributed by atoms with Crippen molar-refractivity contribution in [3.05, 3.63) is 69.6 Å². The lowest BCUT2D eigenvalue weighted by atomic mass is 10.0. The zero-order chi connectivity index (χ0) is 15.5. The molecule has 0 spiro atoms. The summed E-state index contributed by atoms with van der Waals surface area (Å²) in [6.07, 6.45) is 2.97. The Morgan fingerprint density at radius 1 is 1.36 bits per heavy atom. The van der Waals surface area contributed by atoms with Gasteiger partial charge in [-0.25, -0.2) is 4.98 Å². The molecule has 0 radical (unpaired) electrons. The van der Waals surface area contributed by atoms with Crippen molar-refractivity contribution < 1.29 is 4.79 Å². The van der Waals surface area contributed by atoms with Gasteiger partial charge >= 0.3 is 0 Å². The number of nitrogens with one attached hydrogen (secondary N) is 1. The van der Waals surface area contributed by atoms with Gasteiger partial charge in [0.15, 0.2) is 4.96 Å². The van der Waals surface area contributed by atoms with E-state index in [4.69, 9.17) is 0 Å². The molecule has 22 heavy (non-hydrogen) atoms. The number of fused-ring (bicyclic) bond motifs is 1. The Labute approximate surface area is 131 Å². The van der Waals surface area contributed by atoms with Gasteiger partial charge in [0.2, 0.25) is 0 Å². The van der Waals surface area contributed by atoms with E-state index < -0.39 is 0 Å². The standard InChI is InChI=1S/C16H15N3O2S/c1-11(12-5-3-2-4-6-12)9-17-14(20)13-10-18-16-19(15(13)21)7-8-22-16/h2-8,10-11H,9H2,1H3,(H,17,20)/t11-/m0/s1. The van der Waals surface area contributed by atoms with Gasteiger partial charge in [-0.3, -0.25) is 14.0 Å². The largest absolute Gasteiger partial charge is 0.351 e. The van der Waals surface area contributed by atoms with Crippen LogP contribution in [0.25, 0.3) is 4.96 Å². The van der Waals surface area contributed by atoms with E-state index in [1.807, 2.05) is 37.3 Å². The molecule has 0 bridgehead atoms. The molecule has 1 N–H and O–H groups in total. The summed E-state index contributed by atoms with van der Waals surface area (Å²) < 4.78 is 1.39. The van der Waals surface area contributed by atoms with Gasteiger partial charge < -0.3 is 5.32 Å². The van der Waals surface area contributed by atoms with Crippen LogP contribution in [0.15, 0.2) is 52.9 Å². The Balaban J connectivity index is 1.74. The SMILES string of the molecule is C[C@@H](CNC(=O)c1cnc2sccn2c1=O)c1ccccc1. The van der Waals surface area contributed by atoms with Crippen LogP contribution in [0.5, 0.6) is 0 Å². The second kappa shape index (κ2) is 6.11. The van der Waals surface area contributed by atoms with E-state index in [1.54, 1.807) is 11.6 Å². The molecule has 1 amide bonds. The molecule has 0 aliphatic heterocycles. The molecular weight excluding hydrogens is 298 g/mol. The highest BCUT2D eigenvalue weighted by molar-refractivity contribution is 7.15. The number of carbonyl (C=O) groups is 1. The van der Waals surface area contributed by atoms with Crippen LogP contribution in [0.3, 0.4) is 0 Å². The number of nitrogens with zero attached hydrogens (tertiary/aromatic N) is 2. The van der Waals surface area contributed by atoms with Crippen molar-refractivity contribution in [1.29, 1.82) is 0 Å². The number of benzene rings is 1. The third-order valence-corrected chi connectivity index (χ3v) is 4.30. The van der Waals surface area contributed by atoms with E-state index in [-0.39, 0.29) is 22.9 Å². The maximum Gasteiger partial charge on any atom is 0.271 e. The Morgan fingerprint density at radius 3 is 2.91 bits per heavy atom. The van der Waals surface area contributed by atoms with Gasteiger partial charge in [-0.15, -0.1) is 11.3 Å². The van der Waals surface area contributed by atoms with Crippen molar-refractivity contribution in [3.8, 4) is 0 Å². The zero-order valence-corrected chi connectivity index (χ0v) is 12.8. The summed E-state index contributed by atoms with van der Waals surface area (Å²) >= 11 is 1.36. The van der Waals surface area contributed by atoms with Crippen molar-refractivity contribution in [2.24, 2.45) is 0 Å². The molecule has 1 atom stereocenters. The number of rotatable bonds is 4. The molecule has 6 heteroatoms. The molecule has 2 aromatic heterocycles. The summed E-state index contributed by atoms with van der Waals surface area (Å²) in [5, 5.41) is 4.57. The van der Waals surface area contributed by atoms with Crippen LogP contribution in [0.4, 0.5) is 0 Å². The lowest BCUT2D eigenvalue weighted by molar-refractivity contribution is 0.0949. The van der Waals surface area contributed by atoms with Crippen LogP contribution in [-0.4, -0.2) is 21.8 Å². The normalized spacial score (nSPS) is 12.2. The minimum Gasteiger partial charge on any atom is -0.351 e.